The van der Waals surface area contributed by atoms with Crippen LogP contribution in [0.4, 0.5) is 18.0 Å². The van der Waals surface area contributed by atoms with Gasteiger partial charge in [-0.3, -0.25) is 4.90 Å². The van der Waals surface area contributed by atoms with Crippen molar-refractivity contribution in [3.63, 3.8) is 0 Å². The highest BCUT2D eigenvalue weighted by Gasteiger charge is 2.40. The lowest BCUT2D eigenvalue weighted by atomic mass is 9.89. The van der Waals surface area contributed by atoms with Crippen molar-refractivity contribution in [1.82, 2.24) is 4.90 Å². The first kappa shape index (κ1) is 20.3. The van der Waals surface area contributed by atoms with Gasteiger partial charge in [-0.25, -0.2) is 4.79 Å². The van der Waals surface area contributed by atoms with E-state index >= 15 is 0 Å². The summed E-state index contributed by atoms with van der Waals surface area (Å²) in [4.78, 5) is 14.3. The van der Waals surface area contributed by atoms with Gasteiger partial charge in [-0.15, -0.1) is 13.2 Å². The first-order valence-electron chi connectivity index (χ1n) is 9.53. The Morgan fingerprint density at radius 2 is 1.80 bits per heavy atom. The van der Waals surface area contributed by atoms with Gasteiger partial charge >= 0.3 is 12.5 Å². The molecule has 30 heavy (non-hydrogen) atoms. The van der Waals surface area contributed by atoms with Crippen LogP contribution in [0.2, 0.25) is 0 Å². The van der Waals surface area contributed by atoms with Gasteiger partial charge in [-0.2, -0.15) is 0 Å². The molecule has 158 valence electrons. The van der Waals surface area contributed by atoms with Crippen molar-refractivity contribution < 1.29 is 32.2 Å². The van der Waals surface area contributed by atoms with Crippen molar-refractivity contribution in [3.8, 4) is 5.75 Å². The number of para-hydroxylation sites is 1. The van der Waals surface area contributed by atoms with E-state index in [1.165, 1.54) is 12.1 Å². The van der Waals surface area contributed by atoms with E-state index < -0.39 is 18.5 Å². The summed E-state index contributed by atoms with van der Waals surface area (Å²) in [5.74, 6) is -0.254. The van der Waals surface area contributed by atoms with Gasteiger partial charge in [0.2, 0.25) is 0 Å². The molecule has 1 amide bonds. The van der Waals surface area contributed by atoms with E-state index in [0.717, 1.165) is 5.56 Å². The Morgan fingerprint density at radius 3 is 2.53 bits per heavy atom. The molecule has 4 rings (SSSR count). The lowest BCUT2D eigenvalue weighted by Gasteiger charge is -2.43. The summed E-state index contributed by atoms with van der Waals surface area (Å²) in [7, 11) is 0. The van der Waals surface area contributed by atoms with Gasteiger partial charge in [0.25, 0.3) is 0 Å². The number of hydrogen-bond acceptors (Lipinski definition) is 4. The number of nitrogens with zero attached hydrogens (tertiary/aromatic N) is 1. The molecule has 2 heterocycles. The molecular formula is C22H20F3NO4. The summed E-state index contributed by atoms with van der Waals surface area (Å²) >= 11 is 0. The molecule has 0 spiro atoms. The number of rotatable bonds is 4. The zero-order valence-corrected chi connectivity index (χ0v) is 16.0. The fourth-order valence-electron chi connectivity index (χ4n) is 3.82. The van der Waals surface area contributed by atoms with E-state index in [-0.39, 0.29) is 31.6 Å². The molecule has 0 N–H and O–H groups in total. The topological polar surface area (TPSA) is 48.0 Å². The highest BCUT2D eigenvalue weighted by atomic mass is 19.4. The fraction of sp³-hybridized carbons (Fsp3) is 0.318. The number of benzene rings is 2. The third-order valence-corrected chi connectivity index (χ3v) is 5.07. The Bertz CT molecular complexity index is 929. The molecule has 1 fully saturated rings. The monoisotopic (exact) mass is 419 g/mol. The maximum Gasteiger partial charge on any atom is 0.573 e. The molecule has 2 bridgehead atoms. The molecule has 0 aromatic heterocycles. The van der Waals surface area contributed by atoms with E-state index in [2.05, 4.69) is 4.74 Å². The van der Waals surface area contributed by atoms with Crippen molar-refractivity contribution in [1.29, 1.82) is 0 Å². The number of hydrogen-bond donors (Lipinski definition) is 0. The minimum absolute atomic E-state index is 0.148. The SMILES string of the molecule is O=C(OCc1ccccc1)N1C2C=C(c3ccccc3OC(F)(F)F)CC1COC2. The maximum absolute atomic E-state index is 12.8. The summed E-state index contributed by atoms with van der Waals surface area (Å²) in [6, 6.07) is 14.6. The Hall–Kier alpha value is -3.00. The van der Waals surface area contributed by atoms with E-state index in [4.69, 9.17) is 9.47 Å². The first-order valence-corrected chi connectivity index (χ1v) is 9.53. The smallest absolute Gasteiger partial charge is 0.445 e. The zero-order valence-electron chi connectivity index (χ0n) is 16.0. The van der Waals surface area contributed by atoms with Crippen LogP contribution < -0.4 is 4.74 Å². The predicted molar refractivity (Wildman–Crippen MR) is 103 cm³/mol. The van der Waals surface area contributed by atoms with Crippen molar-refractivity contribution in [2.75, 3.05) is 13.2 Å². The Balaban J connectivity index is 1.53. The normalized spacial score (nSPS) is 21.0. The number of ether oxygens (including phenoxy) is 3. The van der Waals surface area contributed by atoms with Gasteiger partial charge in [0.1, 0.15) is 12.4 Å². The average molecular weight is 419 g/mol. The summed E-state index contributed by atoms with van der Waals surface area (Å²) in [5, 5.41) is 0. The number of alkyl halides is 3. The van der Waals surface area contributed by atoms with E-state index in [0.29, 0.717) is 17.6 Å². The van der Waals surface area contributed by atoms with Crippen molar-refractivity contribution in [3.05, 3.63) is 71.8 Å². The Kier molecular flexibility index (Phi) is 5.67. The van der Waals surface area contributed by atoms with Crippen LogP contribution in [0.5, 0.6) is 5.75 Å². The van der Waals surface area contributed by atoms with Crippen LogP contribution in [-0.4, -0.2) is 42.7 Å². The minimum Gasteiger partial charge on any atom is -0.445 e. The van der Waals surface area contributed by atoms with Gasteiger partial charge in [-0.05, 0) is 23.6 Å². The second kappa shape index (κ2) is 8.39. The molecular weight excluding hydrogens is 399 g/mol. The molecule has 2 aliphatic heterocycles. The second-order valence-electron chi connectivity index (χ2n) is 7.15. The molecule has 1 saturated heterocycles. The molecule has 2 aliphatic rings. The fourth-order valence-corrected chi connectivity index (χ4v) is 3.82. The van der Waals surface area contributed by atoms with E-state index in [1.807, 2.05) is 30.3 Å². The highest BCUT2D eigenvalue weighted by Crippen LogP contribution is 2.38. The number of fused-ring (bicyclic) bond motifs is 2. The predicted octanol–water partition coefficient (Wildman–Crippen LogP) is 4.78. The van der Waals surface area contributed by atoms with Crippen molar-refractivity contribution in [2.24, 2.45) is 0 Å². The van der Waals surface area contributed by atoms with Crippen LogP contribution in [0.3, 0.4) is 0 Å². The Labute approximate surface area is 171 Å². The van der Waals surface area contributed by atoms with Gasteiger partial charge in [0.05, 0.1) is 25.3 Å². The van der Waals surface area contributed by atoms with Gasteiger partial charge in [0.15, 0.2) is 0 Å². The average Bonchev–Trinajstić information content (AvgIpc) is 2.71. The van der Waals surface area contributed by atoms with Crippen molar-refractivity contribution >= 4 is 11.7 Å². The third kappa shape index (κ3) is 4.59. The third-order valence-electron chi connectivity index (χ3n) is 5.07. The molecule has 2 atom stereocenters. The maximum atomic E-state index is 12.8. The molecule has 0 radical (unpaired) electrons. The standard InChI is InChI=1S/C22H20F3NO4/c23-22(24,25)30-20-9-5-4-8-19(20)16-10-17-13-28-14-18(11-16)26(17)21(27)29-12-15-6-2-1-3-7-15/h1-10,17-18H,11-14H2. The van der Waals surface area contributed by atoms with Gasteiger partial charge < -0.3 is 14.2 Å². The molecule has 0 aliphatic carbocycles. The summed E-state index contributed by atoms with van der Waals surface area (Å²) < 4.78 is 53.6. The zero-order chi connectivity index (χ0) is 21.1. The van der Waals surface area contributed by atoms with Gasteiger partial charge in [0, 0.05) is 5.56 Å². The number of carbonyl (C=O) groups excluding carboxylic acids is 1. The molecule has 2 aromatic carbocycles. The molecule has 8 heteroatoms. The van der Waals surface area contributed by atoms with Crippen LogP contribution in [0.25, 0.3) is 5.57 Å². The van der Waals surface area contributed by atoms with E-state index in [9.17, 15) is 18.0 Å². The van der Waals surface area contributed by atoms with Gasteiger partial charge in [-0.1, -0.05) is 54.6 Å². The van der Waals surface area contributed by atoms with Crippen molar-refractivity contribution in [2.45, 2.75) is 31.5 Å². The lowest BCUT2D eigenvalue weighted by Crippen LogP contribution is -2.56. The van der Waals surface area contributed by atoms with Crippen LogP contribution in [0, 0.1) is 0 Å². The van der Waals surface area contributed by atoms with Crippen LogP contribution in [0.15, 0.2) is 60.7 Å². The number of morpholine rings is 1. The molecule has 2 aromatic rings. The lowest BCUT2D eigenvalue weighted by molar-refractivity contribution is -0.274. The molecule has 2 unspecified atom stereocenters. The minimum atomic E-state index is -4.78. The van der Waals surface area contributed by atoms with Crippen LogP contribution in [0.1, 0.15) is 17.5 Å². The largest absolute Gasteiger partial charge is 0.573 e. The number of halogens is 3. The Morgan fingerprint density at radius 1 is 1.07 bits per heavy atom. The first-order chi connectivity index (χ1) is 14.4. The number of amides is 1. The quantitative estimate of drug-likeness (QED) is 0.716. The summed E-state index contributed by atoms with van der Waals surface area (Å²) in [6.07, 6.45) is -3.14. The molecule has 5 nitrogen and oxygen atoms in total. The number of carbonyl (C=O) groups is 1. The van der Waals surface area contributed by atoms with Crippen LogP contribution >= 0.6 is 0 Å². The second-order valence-corrected chi connectivity index (χ2v) is 7.15. The van der Waals surface area contributed by atoms with Crippen LogP contribution in [-0.2, 0) is 16.1 Å². The van der Waals surface area contributed by atoms with E-state index in [1.54, 1.807) is 23.1 Å². The summed E-state index contributed by atoms with van der Waals surface area (Å²) in [6.45, 7) is 0.689. The summed E-state index contributed by atoms with van der Waals surface area (Å²) in [5.41, 5.74) is 1.93. The molecule has 0 saturated carbocycles. The highest BCUT2D eigenvalue weighted by molar-refractivity contribution is 5.76.